The molecular weight excluding hydrogens is 269 g/mol. The summed E-state index contributed by atoms with van der Waals surface area (Å²) in [6.07, 6.45) is -1.97. The first-order valence-corrected chi connectivity index (χ1v) is 6.89. The molecule has 1 rings (SSSR count). The molecule has 1 heterocycles. The fourth-order valence-electron chi connectivity index (χ4n) is 1.96. The third-order valence-electron chi connectivity index (χ3n) is 2.85. The van der Waals surface area contributed by atoms with Crippen LogP contribution in [0.2, 0.25) is 0 Å². The van der Waals surface area contributed by atoms with Gasteiger partial charge < -0.3 is 9.73 Å². The zero-order valence-electron chi connectivity index (χ0n) is 12.3. The molecular formula is C14H23F3N2O. The third-order valence-corrected chi connectivity index (χ3v) is 2.85. The van der Waals surface area contributed by atoms with Gasteiger partial charge in [0.05, 0.1) is 19.4 Å². The molecule has 1 aromatic heterocycles. The van der Waals surface area contributed by atoms with Crippen LogP contribution in [0.4, 0.5) is 13.2 Å². The van der Waals surface area contributed by atoms with E-state index in [1.165, 1.54) is 11.2 Å². The predicted octanol–water partition coefficient (Wildman–Crippen LogP) is 3.55. The zero-order valence-corrected chi connectivity index (χ0v) is 12.3. The molecule has 6 heteroatoms. The van der Waals surface area contributed by atoms with Crippen LogP contribution in [0.15, 0.2) is 16.7 Å². The Labute approximate surface area is 118 Å². The molecule has 0 bridgehead atoms. The zero-order chi connectivity index (χ0) is 15.2. The maximum Gasteiger partial charge on any atom is 0.401 e. The predicted molar refractivity (Wildman–Crippen MR) is 72.3 cm³/mol. The lowest BCUT2D eigenvalue weighted by Crippen LogP contribution is -2.34. The molecule has 0 amide bonds. The first-order chi connectivity index (χ1) is 9.31. The molecule has 20 heavy (non-hydrogen) atoms. The fraction of sp³-hybridized carbons (Fsp3) is 0.714. The molecule has 0 saturated carbocycles. The van der Waals surface area contributed by atoms with Crippen molar-refractivity contribution < 1.29 is 17.6 Å². The molecule has 116 valence electrons. The van der Waals surface area contributed by atoms with Gasteiger partial charge in [0.2, 0.25) is 0 Å². The summed E-state index contributed by atoms with van der Waals surface area (Å²) < 4.78 is 42.9. The molecule has 0 aromatic carbocycles. The number of alkyl halides is 3. The Morgan fingerprint density at radius 2 is 2.05 bits per heavy atom. The number of rotatable bonds is 8. The highest BCUT2D eigenvalue weighted by Gasteiger charge is 2.31. The summed E-state index contributed by atoms with van der Waals surface area (Å²) in [4.78, 5) is 1.37. The summed E-state index contributed by atoms with van der Waals surface area (Å²) >= 11 is 0. The Morgan fingerprint density at radius 1 is 1.35 bits per heavy atom. The average molecular weight is 292 g/mol. The number of nitrogens with one attached hydrogen (secondary N) is 1. The highest BCUT2D eigenvalue weighted by atomic mass is 19.4. The van der Waals surface area contributed by atoms with Crippen molar-refractivity contribution in [3.8, 4) is 0 Å². The SMILES string of the molecule is CCCN(Cc1occc1CNC(C)C)CC(F)(F)F. The van der Waals surface area contributed by atoms with E-state index in [4.69, 9.17) is 4.42 Å². The molecule has 0 spiro atoms. The van der Waals surface area contributed by atoms with Crippen LogP contribution in [0, 0.1) is 0 Å². The van der Waals surface area contributed by atoms with E-state index in [1.807, 2.05) is 26.8 Å². The van der Waals surface area contributed by atoms with E-state index in [2.05, 4.69) is 5.32 Å². The standard InChI is InChI=1S/C14H23F3N2O/c1-4-6-19(10-14(15,16)17)9-13-12(5-7-20-13)8-18-11(2)3/h5,7,11,18H,4,6,8-10H2,1-3H3. The fourth-order valence-corrected chi connectivity index (χ4v) is 1.96. The Hall–Kier alpha value is -1.01. The largest absolute Gasteiger partial charge is 0.468 e. The van der Waals surface area contributed by atoms with Crippen molar-refractivity contribution in [3.05, 3.63) is 23.7 Å². The topological polar surface area (TPSA) is 28.4 Å². The molecule has 0 saturated heterocycles. The molecule has 0 aliphatic heterocycles. The molecule has 0 fully saturated rings. The average Bonchev–Trinajstić information content (AvgIpc) is 2.72. The molecule has 1 aromatic rings. The third kappa shape index (κ3) is 6.43. The number of furan rings is 1. The maximum atomic E-state index is 12.5. The number of nitrogens with zero attached hydrogens (tertiary/aromatic N) is 1. The second kappa shape index (κ2) is 7.69. The maximum absolute atomic E-state index is 12.5. The normalized spacial score (nSPS) is 12.6. The van der Waals surface area contributed by atoms with Crippen LogP contribution < -0.4 is 5.32 Å². The van der Waals surface area contributed by atoms with E-state index in [-0.39, 0.29) is 6.54 Å². The minimum absolute atomic E-state index is 0.190. The van der Waals surface area contributed by atoms with Gasteiger partial charge >= 0.3 is 6.18 Å². The van der Waals surface area contributed by atoms with Gasteiger partial charge in [0.25, 0.3) is 0 Å². The molecule has 0 radical (unpaired) electrons. The highest BCUT2D eigenvalue weighted by molar-refractivity contribution is 5.17. The Morgan fingerprint density at radius 3 is 2.60 bits per heavy atom. The van der Waals surface area contributed by atoms with Gasteiger partial charge in [-0.05, 0) is 19.0 Å². The van der Waals surface area contributed by atoms with Crippen LogP contribution in [0.25, 0.3) is 0 Å². The van der Waals surface area contributed by atoms with Crippen LogP contribution in [-0.2, 0) is 13.1 Å². The summed E-state index contributed by atoms with van der Waals surface area (Å²) in [5.74, 6) is 0.607. The van der Waals surface area contributed by atoms with Gasteiger partial charge in [0.15, 0.2) is 0 Å². The van der Waals surface area contributed by atoms with E-state index in [0.29, 0.717) is 31.3 Å². The van der Waals surface area contributed by atoms with Gasteiger partial charge in [0.1, 0.15) is 5.76 Å². The van der Waals surface area contributed by atoms with Crippen molar-refractivity contribution >= 4 is 0 Å². The number of hydrogen-bond acceptors (Lipinski definition) is 3. The minimum Gasteiger partial charge on any atom is -0.468 e. The second-order valence-electron chi connectivity index (χ2n) is 5.23. The molecule has 0 atom stereocenters. The first kappa shape index (κ1) is 17.0. The minimum atomic E-state index is -4.18. The van der Waals surface area contributed by atoms with Crippen LogP contribution in [-0.4, -0.2) is 30.2 Å². The summed E-state index contributed by atoms with van der Waals surface area (Å²) in [5, 5.41) is 3.24. The van der Waals surface area contributed by atoms with Crippen molar-refractivity contribution in [3.63, 3.8) is 0 Å². The summed E-state index contributed by atoms with van der Waals surface area (Å²) in [6.45, 7) is 6.20. The van der Waals surface area contributed by atoms with E-state index < -0.39 is 12.7 Å². The van der Waals surface area contributed by atoms with Crippen LogP contribution >= 0.6 is 0 Å². The van der Waals surface area contributed by atoms with Crippen LogP contribution in [0.3, 0.4) is 0 Å². The van der Waals surface area contributed by atoms with Crippen molar-refractivity contribution in [1.29, 1.82) is 0 Å². The van der Waals surface area contributed by atoms with Gasteiger partial charge in [-0.1, -0.05) is 20.8 Å². The van der Waals surface area contributed by atoms with Crippen LogP contribution in [0.5, 0.6) is 0 Å². The molecule has 0 unspecified atom stereocenters. The summed E-state index contributed by atoms with van der Waals surface area (Å²) in [6, 6.07) is 2.13. The second-order valence-corrected chi connectivity index (χ2v) is 5.23. The Bertz CT molecular complexity index is 388. The van der Waals surface area contributed by atoms with Gasteiger partial charge in [-0.2, -0.15) is 13.2 Å². The molecule has 0 aliphatic carbocycles. The molecule has 0 aliphatic rings. The van der Waals surface area contributed by atoms with Gasteiger partial charge in [0, 0.05) is 18.2 Å². The lowest BCUT2D eigenvalue weighted by Gasteiger charge is -2.22. The van der Waals surface area contributed by atoms with Crippen LogP contribution in [0.1, 0.15) is 38.5 Å². The van der Waals surface area contributed by atoms with E-state index in [9.17, 15) is 13.2 Å². The van der Waals surface area contributed by atoms with Gasteiger partial charge in [-0.3, -0.25) is 4.90 Å². The van der Waals surface area contributed by atoms with E-state index >= 15 is 0 Å². The Balaban J connectivity index is 2.66. The summed E-state index contributed by atoms with van der Waals surface area (Å²) in [7, 11) is 0. The van der Waals surface area contributed by atoms with E-state index in [0.717, 1.165) is 5.56 Å². The summed E-state index contributed by atoms with van der Waals surface area (Å²) in [5.41, 5.74) is 0.918. The monoisotopic (exact) mass is 292 g/mol. The van der Waals surface area contributed by atoms with Gasteiger partial charge in [-0.15, -0.1) is 0 Å². The lowest BCUT2D eigenvalue weighted by molar-refractivity contribution is -0.147. The van der Waals surface area contributed by atoms with Gasteiger partial charge in [-0.25, -0.2) is 0 Å². The Kier molecular flexibility index (Phi) is 6.55. The van der Waals surface area contributed by atoms with E-state index in [1.54, 1.807) is 0 Å². The van der Waals surface area contributed by atoms with Crippen molar-refractivity contribution in [1.82, 2.24) is 10.2 Å². The first-order valence-electron chi connectivity index (χ1n) is 6.89. The highest BCUT2D eigenvalue weighted by Crippen LogP contribution is 2.20. The van der Waals surface area contributed by atoms with Crippen molar-refractivity contribution in [2.75, 3.05) is 13.1 Å². The quantitative estimate of drug-likeness (QED) is 0.794. The number of hydrogen-bond donors (Lipinski definition) is 1. The lowest BCUT2D eigenvalue weighted by atomic mass is 10.2. The van der Waals surface area contributed by atoms with Crippen molar-refractivity contribution in [2.24, 2.45) is 0 Å². The van der Waals surface area contributed by atoms with Crippen molar-refractivity contribution in [2.45, 2.75) is 52.5 Å². The smallest absolute Gasteiger partial charge is 0.401 e. The molecule has 3 nitrogen and oxygen atoms in total. The molecule has 1 N–H and O–H groups in total. The number of halogens is 3.